The molecule has 0 radical (unpaired) electrons. The highest BCUT2D eigenvalue weighted by Crippen LogP contribution is 2.18. The van der Waals surface area contributed by atoms with Gasteiger partial charge in [0.1, 0.15) is 0 Å². The Bertz CT molecular complexity index is 268. The van der Waals surface area contributed by atoms with Crippen molar-refractivity contribution < 1.29 is 30.6 Å². The van der Waals surface area contributed by atoms with Crippen LogP contribution in [0.5, 0.6) is 0 Å². The molecular weight excluding hydrogens is 312 g/mol. The first-order valence-electron chi connectivity index (χ1n) is 8.14. The molecule has 1 aromatic rings. The van der Waals surface area contributed by atoms with Gasteiger partial charge in [-0.3, -0.25) is 0 Å². The zero-order valence-corrected chi connectivity index (χ0v) is 14.8. The molecule has 6 nitrogen and oxygen atoms in total. The molecule has 0 fully saturated rings. The minimum atomic E-state index is -0.667. The van der Waals surface area contributed by atoms with E-state index in [4.69, 9.17) is 30.6 Å². The lowest BCUT2D eigenvalue weighted by molar-refractivity contribution is 0.00275. The molecule has 1 rings (SSSR count). The van der Waals surface area contributed by atoms with E-state index in [0.717, 1.165) is 0 Å². The van der Waals surface area contributed by atoms with Gasteiger partial charge in [0.2, 0.25) is 0 Å². The summed E-state index contributed by atoms with van der Waals surface area (Å²) in [6.45, 7) is 2.71. The molecule has 0 aliphatic heterocycles. The number of benzene rings is 1. The van der Waals surface area contributed by atoms with Gasteiger partial charge in [-0.05, 0) is 12.8 Å². The number of rotatable bonds is 8. The fraction of sp³-hybridized carbons (Fsp3) is 0.667. The van der Waals surface area contributed by atoms with Crippen LogP contribution in [0.3, 0.4) is 0 Å². The third kappa shape index (κ3) is 9.97. The van der Waals surface area contributed by atoms with Gasteiger partial charge >= 0.3 is 0 Å². The Balaban J connectivity index is 0. The lowest BCUT2D eigenvalue weighted by atomic mass is 9.88. The summed E-state index contributed by atoms with van der Waals surface area (Å²) < 4.78 is 0. The zero-order valence-electron chi connectivity index (χ0n) is 14.8. The lowest BCUT2D eigenvalue weighted by Crippen LogP contribution is -2.32. The van der Waals surface area contributed by atoms with Crippen molar-refractivity contribution >= 4 is 0 Å². The lowest BCUT2D eigenvalue weighted by Gasteiger charge is -2.24. The maximum absolute atomic E-state index is 8.66. The maximum atomic E-state index is 8.66. The first-order chi connectivity index (χ1) is 11.5. The van der Waals surface area contributed by atoms with Gasteiger partial charge < -0.3 is 30.6 Å². The highest BCUT2D eigenvalue weighted by Gasteiger charge is 2.25. The van der Waals surface area contributed by atoms with E-state index in [2.05, 4.69) is 0 Å². The molecule has 0 atom stereocenters. The third-order valence-electron chi connectivity index (χ3n) is 4.18. The van der Waals surface area contributed by atoms with E-state index in [0.29, 0.717) is 12.8 Å². The summed E-state index contributed by atoms with van der Waals surface area (Å²) >= 11 is 0. The fourth-order valence-corrected chi connectivity index (χ4v) is 1.36. The third-order valence-corrected chi connectivity index (χ3v) is 4.18. The molecule has 0 aliphatic carbocycles. The van der Waals surface area contributed by atoms with E-state index >= 15 is 0 Å². The Morgan fingerprint density at radius 2 is 0.625 bits per heavy atom. The van der Waals surface area contributed by atoms with E-state index in [-0.39, 0.29) is 39.6 Å². The molecule has 0 saturated carbocycles. The van der Waals surface area contributed by atoms with Gasteiger partial charge in [-0.1, -0.05) is 50.2 Å². The molecule has 142 valence electrons. The van der Waals surface area contributed by atoms with E-state index in [1.54, 1.807) is 0 Å². The number of aliphatic hydroxyl groups excluding tert-OH is 6. The quantitative estimate of drug-likeness (QED) is 0.405. The molecule has 0 heterocycles. The predicted octanol–water partition coefficient (Wildman–Crippen LogP) is 0.406. The summed E-state index contributed by atoms with van der Waals surface area (Å²) in [6, 6.07) is 12.0. The molecule has 0 spiro atoms. The summed E-state index contributed by atoms with van der Waals surface area (Å²) in [6.07, 6.45) is 1.19. The summed E-state index contributed by atoms with van der Waals surface area (Å²) in [4.78, 5) is 0. The van der Waals surface area contributed by atoms with Crippen molar-refractivity contribution in [2.45, 2.75) is 26.7 Å². The van der Waals surface area contributed by atoms with Gasteiger partial charge in [-0.15, -0.1) is 0 Å². The first-order valence-corrected chi connectivity index (χ1v) is 8.14. The molecule has 24 heavy (non-hydrogen) atoms. The van der Waals surface area contributed by atoms with Crippen molar-refractivity contribution in [3.63, 3.8) is 0 Å². The average Bonchev–Trinajstić information content (AvgIpc) is 2.69. The van der Waals surface area contributed by atoms with Crippen LogP contribution in [-0.4, -0.2) is 70.3 Å². The van der Waals surface area contributed by atoms with E-state index < -0.39 is 10.8 Å². The molecule has 0 aliphatic rings. The van der Waals surface area contributed by atoms with Crippen molar-refractivity contribution in [3.05, 3.63) is 36.4 Å². The second-order valence-electron chi connectivity index (χ2n) is 5.81. The minimum Gasteiger partial charge on any atom is -0.396 e. The summed E-state index contributed by atoms with van der Waals surface area (Å²) in [7, 11) is 0. The molecule has 0 amide bonds. The number of hydrogen-bond donors (Lipinski definition) is 6. The average molecular weight is 346 g/mol. The zero-order chi connectivity index (χ0) is 18.9. The minimum absolute atomic E-state index is 0.156. The van der Waals surface area contributed by atoms with Crippen LogP contribution in [0.4, 0.5) is 0 Å². The Morgan fingerprint density at radius 3 is 0.667 bits per heavy atom. The Kier molecular flexibility index (Phi) is 16.3. The van der Waals surface area contributed by atoms with Crippen LogP contribution in [-0.2, 0) is 0 Å². The van der Waals surface area contributed by atoms with Gasteiger partial charge in [-0.25, -0.2) is 0 Å². The summed E-state index contributed by atoms with van der Waals surface area (Å²) in [5, 5.41) is 51.9. The van der Waals surface area contributed by atoms with Crippen molar-refractivity contribution in [2.24, 2.45) is 10.8 Å². The molecular formula is C18H34O6. The molecule has 0 unspecified atom stereocenters. The van der Waals surface area contributed by atoms with Crippen molar-refractivity contribution in [2.75, 3.05) is 39.6 Å². The Labute approximate surface area is 145 Å². The van der Waals surface area contributed by atoms with Crippen LogP contribution in [0.25, 0.3) is 0 Å². The van der Waals surface area contributed by atoms with Gasteiger partial charge in [0.15, 0.2) is 0 Å². The Hall–Kier alpha value is -1.02. The highest BCUT2D eigenvalue weighted by molar-refractivity contribution is 4.99. The molecule has 6 N–H and O–H groups in total. The van der Waals surface area contributed by atoms with Gasteiger partial charge in [-0.2, -0.15) is 0 Å². The molecule has 0 aromatic heterocycles. The second-order valence-corrected chi connectivity index (χ2v) is 5.81. The van der Waals surface area contributed by atoms with Crippen LogP contribution >= 0.6 is 0 Å². The normalized spacial score (nSPS) is 11.0. The number of aliphatic hydroxyl groups is 6. The second kappa shape index (κ2) is 15.5. The van der Waals surface area contributed by atoms with E-state index in [9.17, 15) is 0 Å². The van der Waals surface area contributed by atoms with Crippen LogP contribution in [0.2, 0.25) is 0 Å². The van der Waals surface area contributed by atoms with Crippen LogP contribution in [0.15, 0.2) is 36.4 Å². The van der Waals surface area contributed by atoms with Crippen LogP contribution < -0.4 is 0 Å². The standard InChI is InChI=1S/2C6H14O3.C6H6/c2*1-2-6(3-7,4-8)5-9;1-2-4-6-5-3-1/h2*7-9H,2-5H2,1H3;1-6H. The van der Waals surface area contributed by atoms with Crippen molar-refractivity contribution in [3.8, 4) is 0 Å². The van der Waals surface area contributed by atoms with Crippen LogP contribution in [0, 0.1) is 10.8 Å². The maximum Gasteiger partial charge on any atom is 0.0531 e. The first kappa shape index (κ1) is 25.2. The van der Waals surface area contributed by atoms with Crippen LogP contribution in [0.1, 0.15) is 26.7 Å². The summed E-state index contributed by atoms with van der Waals surface area (Å²) in [5.41, 5.74) is -1.33. The molecule has 0 saturated heterocycles. The largest absolute Gasteiger partial charge is 0.396 e. The Morgan fingerprint density at radius 1 is 0.458 bits per heavy atom. The molecule has 0 bridgehead atoms. The van der Waals surface area contributed by atoms with E-state index in [1.807, 2.05) is 50.2 Å². The number of hydrogen-bond acceptors (Lipinski definition) is 6. The predicted molar refractivity (Wildman–Crippen MR) is 94.4 cm³/mol. The van der Waals surface area contributed by atoms with Gasteiger partial charge in [0.25, 0.3) is 0 Å². The SMILES string of the molecule is CCC(CO)(CO)CO.CCC(CO)(CO)CO.c1ccccc1. The smallest absolute Gasteiger partial charge is 0.0531 e. The van der Waals surface area contributed by atoms with Crippen molar-refractivity contribution in [1.29, 1.82) is 0 Å². The van der Waals surface area contributed by atoms with E-state index in [1.165, 1.54) is 0 Å². The summed E-state index contributed by atoms with van der Waals surface area (Å²) in [5.74, 6) is 0. The molecule has 1 aromatic carbocycles. The molecule has 6 heteroatoms. The monoisotopic (exact) mass is 346 g/mol. The van der Waals surface area contributed by atoms with Gasteiger partial charge in [0.05, 0.1) is 39.6 Å². The van der Waals surface area contributed by atoms with Gasteiger partial charge in [0, 0.05) is 10.8 Å². The topological polar surface area (TPSA) is 121 Å². The highest BCUT2D eigenvalue weighted by atomic mass is 16.3. The fourth-order valence-electron chi connectivity index (χ4n) is 1.36. The van der Waals surface area contributed by atoms with Crippen molar-refractivity contribution in [1.82, 2.24) is 0 Å².